The molecular formula is C12H15F3N2O2S. The summed E-state index contributed by atoms with van der Waals surface area (Å²) in [5.41, 5.74) is -0.970. The Hall–Kier alpha value is -1.12. The van der Waals surface area contributed by atoms with Gasteiger partial charge in [-0.25, -0.2) is 13.1 Å². The zero-order chi connectivity index (χ0) is 14.8. The van der Waals surface area contributed by atoms with Crippen molar-refractivity contribution >= 4 is 10.0 Å². The van der Waals surface area contributed by atoms with E-state index in [9.17, 15) is 21.6 Å². The maximum Gasteiger partial charge on any atom is 0.416 e. The number of hydrogen-bond donors (Lipinski definition) is 2. The lowest BCUT2D eigenvalue weighted by Gasteiger charge is -2.12. The molecule has 20 heavy (non-hydrogen) atoms. The number of alkyl halides is 3. The Labute approximate surface area is 115 Å². The highest BCUT2D eigenvalue weighted by Crippen LogP contribution is 2.30. The Morgan fingerprint density at radius 3 is 2.70 bits per heavy atom. The van der Waals surface area contributed by atoms with Crippen LogP contribution in [-0.2, 0) is 16.2 Å². The zero-order valence-corrected chi connectivity index (χ0v) is 11.4. The first-order chi connectivity index (χ1) is 9.29. The molecule has 2 N–H and O–H groups in total. The summed E-state index contributed by atoms with van der Waals surface area (Å²) < 4.78 is 64.0. The van der Waals surface area contributed by atoms with Crippen molar-refractivity contribution in [1.82, 2.24) is 10.0 Å². The van der Waals surface area contributed by atoms with Crippen LogP contribution in [0.2, 0.25) is 0 Å². The van der Waals surface area contributed by atoms with Gasteiger partial charge in [0.25, 0.3) is 0 Å². The number of rotatable bonds is 4. The predicted octanol–water partition coefficient (Wildman–Crippen LogP) is 1.59. The quantitative estimate of drug-likeness (QED) is 0.888. The molecule has 1 heterocycles. The standard InChI is InChI=1S/C12H15F3N2O2S/c13-12(14,15)10-2-1-3-11(6-10)20(18,19)17-8-9-4-5-16-7-9/h1-3,6,9,16-17H,4-5,7-8H2. The van der Waals surface area contributed by atoms with E-state index in [1.54, 1.807) is 0 Å². The summed E-state index contributed by atoms with van der Waals surface area (Å²) in [6.07, 6.45) is -3.70. The number of benzene rings is 1. The van der Waals surface area contributed by atoms with E-state index in [1.807, 2.05) is 0 Å². The summed E-state index contributed by atoms with van der Waals surface area (Å²) >= 11 is 0. The molecule has 1 aliphatic rings. The van der Waals surface area contributed by atoms with E-state index in [0.29, 0.717) is 12.6 Å². The van der Waals surface area contributed by atoms with Crippen molar-refractivity contribution < 1.29 is 21.6 Å². The van der Waals surface area contributed by atoms with Crippen LogP contribution < -0.4 is 10.0 Å². The van der Waals surface area contributed by atoms with Crippen LogP contribution in [0.5, 0.6) is 0 Å². The Morgan fingerprint density at radius 1 is 1.35 bits per heavy atom. The van der Waals surface area contributed by atoms with Gasteiger partial charge >= 0.3 is 6.18 Å². The first-order valence-electron chi connectivity index (χ1n) is 6.17. The van der Waals surface area contributed by atoms with Gasteiger partial charge < -0.3 is 5.32 Å². The van der Waals surface area contributed by atoms with Gasteiger partial charge in [0.1, 0.15) is 0 Å². The monoisotopic (exact) mass is 308 g/mol. The molecule has 0 amide bonds. The summed E-state index contributed by atoms with van der Waals surface area (Å²) in [5, 5.41) is 3.09. The van der Waals surface area contributed by atoms with Gasteiger partial charge in [-0.2, -0.15) is 13.2 Å². The minimum absolute atomic E-state index is 0.176. The first kappa shape index (κ1) is 15.3. The molecule has 0 aromatic heterocycles. The van der Waals surface area contributed by atoms with Crippen LogP contribution in [-0.4, -0.2) is 28.1 Å². The van der Waals surface area contributed by atoms with Crippen LogP contribution in [0.4, 0.5) is 13.2 Å². The van der Waals surface area contributed by atoms with Crippen molar-refractivity contribution in [3.05, 3.63) is 29.8 Å². The number of nitrogens with one attached hydrogen (secondary N) is 2. The summed E-state index contributed by atoms with van der Waals surface area (Å²) in [4.78, 5) is -0.363. The van der Waals surface area contributed by atoms with Crippen LogP contribution in [0.25, 0.3) is 0 Å². The van der Waals surface area contributed by atoms with E-state index in [-0.39, 0.29) is 17.4 Å². The van der Waals surface area contributed by atoms with Crippen molar-refractivity contribution in [3.63, 3.8) is 0 Å². The lowest BCUT2D eigenvalue weighted by atomic mass is 10.1. The third-order valence-electron chi connectivity index (χ3n) is 3.20. The third-order valence-corrected chi connectivity index (χ3v) is 4.62. The summed E-state index contributed by atoms with van der Waals surface area (Å²) in [5.74, 6) is 0.176. The second kappa shape index (κ2) is 5.71. The van der Waals surface area contributed by atoms with E-state index in [4.69, 9.17) is 0 Å². The van der Waals surface area contributed by atoms with Gasteiger partial charge in [-0.1, -0.05) is 6.07 Å². The van der Waals surface area contributed by atoms with Gasteiger partial charge in [-0.3, -0.25) is 0 Å². The van der Waals surface area contributed by atoms with Crippen LogP contribution >= 0.6 is 0 Å². The molecule has 4 nitrogen and oxygen atoms in total. The molecule has 0 aliphatic carbocycles. The van der Waals surface area contributed by atoms with Crippen molar-refractivity contribution in [3.8, 4) is 0 Å². The number of halogens is 3. The molecule has 2 rings (SSSR count). The minimum atomic E-state index is -4.55. The van der Waals surface area contributed by atoms with Crippen molar-refractivity contribution in [1.29, 1.82) is 0 Å². The highest BCUT2D eigenvalue weighted by Gasteiger charge is 2.31. The lowest BCUT2D eigenvalue weighted by Crippen LogP contribution is -2.30. The Morgan fingerprint density at radius 2 is 2.10 bits per heavy atom. The van der Waals surface area contributed by atoms with Gasteiger partial charge in [-0.05, 0) is 43.6 Å². The summed E-state index contributed by atoms with van der Waals surface area (Å²) in [6, 6.07) is 3.74. The molecule has 1 unspecified atom stereocenters. The Kier molecular flexibility index (Phi) is 4.36. The fourth-order valence-electron chi connectivity index (χ4n) is 2.04. The normalized spacial score (nSPS) is 20.2. The molecule has 8 heteroatoms. The summed E-state index contributed by atoms with van der Waals surface area (Å²) in [7, 11) is -3.91. The van der Waals surface area contributed by atoms with Gasteiger partial charge in [0.2, 0.25) is 10.0 Å². The second-order valence-corrected chi connectivity index (χ2v) is 6.50. The average Bonchev–Trinajstić information content (AvgIpc) is 2.89. The molecule has 1 aromatic carbocycles. The molecule has 1 saturated heterocycles. The van der Waals surface area contributed by atoms with Crippen molar-refractivity contribution in [2.24, 2.45) is 5.92 Å². The number of sulfonamides is 1. The maximum absolute atomic E-state index is 12.6. The molecule has 1 fully saturated rings. The smallest absolute Gasteiger partial charge is 0.316 e. The SMILES string of the molecule is O=S(=O)(NCC1CCNC1)c1cccc(C(F)(F)F)c1. The molecular weight excluding hydrogens is 293 g/mol. The number of hydrogen-bond acceptors (Lipinski definition) is 3. The largest absolute Gasteiger partial charge is 0.416 e. The van der Waals surface area contributed by atoms with Crippen LogP contribution in [0.3, 0.4) is 0 Å². The van der Waals surface area contributed by atoms with Gasteiger partial charge in [-0.15, -0.1) is 0 Å². The van der Waals surface area contributed by atoms with E-state index in [2.05, 4.69) is 10.0 Å². The van der Waals surface area contributed by atoms with Crippen molar-refractivity contribution in [2.45, 2.75) is 17.5 Å². The second-order valence-electron chi connectivity index (χ2n) is 4.74. The van der Waals surface area contributed by atoms with Gasteiger partial charge in [0.05, 0.1) is 10.5 Å². The zero-order valence-electron chi connectivity index (χ0n) is 10.6. The Bertz CT molecular complexity index is 566. The minimum Gasteiger partial charge on any atom is -0.316 e. The molecule has 1 aliphatic heterocycles. The topological polar surface area (TPSA) is 58.2 Å². The summed E-state index contributed by atoms with van der Waals surface area (Å²) in [6.45, 7) is 1.77. The molecule has 0 radical (unpaired) electrons. The lowest BCUT2D eigenvalue weighted by molar-refractivity contribution is -0.137. The molecule has 1 aromatic rings. The molecule has 1 atom stereocenters. The van der Waals surface area contributed by atoms with Crippen LogP contribution in [0.15, 0.2) is 29.2 Å². The predicted molar refractivity (Wildman–Crippen MR) is 67.6 cm³/mol. The van der Waals surface area contributed by atoms with Gasteiger partial charge in [0.15, 0.2) is 0 Å². The van der Waals surface area contributed by atoms with E-state index < -0.39 is 21.8 Å². The highest BCUT2D eigenvalue weighted by atomic mass is 32.2. The fraction of sp³-hybridized carbons (Fsp3) is 0.500. The fourth-order valence-corrected chi connectivity index (χ4v) is 3.20. The highest BCUT2D eigenvalue weighted by molar-refractivity contribution is 7.89. The maximum atomic E-state index is 12.6. The van der Waals surface area contributed by atoms with E-state index in [1.165, 1.54) is 0 Å². The van der Waals surface area contributed by atoms with E-state index >= 15 is 0 Å². The van der Waals surface area contributed by atoms with E-state index in [0.717, 1.165) is 31.2 Å². The molecule has 0 spiro atoms. The van der Waals surface area contributed by atoms with Crippen molar-refractivity contribution in [2.75, 3.05) is 19.6 Å². The molecule has 0 bridgehead atoms. The average molecular weight is 308 g/mol. The first-order valence-corrected chi connectivity index (χ1v) is 7.65. The molecule has 112 valence electrons. The van der Waals surface area contributed by atoms with Crippen LogP contribution in [0, 0.1) is 5.92 Å². The Balaban J connectivity index is 2.12. The molecule has 0 saturated carbocycles. The van der Waals surface area contributed by atoms with Crippen LogP contribution in [0.1, 0.15) is 12.0 Å². The van der Waals surface area contributed by atoms with Gasteiger partial charge in [0, 0.05) is 6.54 Å². The third kappa shape index (κ3) is 3.71.